The zero-order valence-electron chi connectivity index (χ0n) is 32.2. The third-order valence-corrected chi connectivity index (χ3v) is 14.1. The predicted molar refractivity (Wildman–Crippen MR) is 237 cm³/mol. The van der Waals surface area contributed by atoms with Crippen LogP contribution in [-0.2, 0) is 5.41 Å². The molecule has 2 unspecified atom stereocenters. The number of hydrogen-bond acceptors (Lipinski definition) is 1. The van der Waals surface area contributed by atoms with Crippen molar-refractivity contribution in [3.05, 3.63) is 190 Å². The standard InChI is InChI=1S/C55H44O/c1-55(2)47-29-28-38(32-46(47)51-43-20-10-11-21-44(43)52-45-22-12-13-23-48(45)56-54(52)53(51)55)50-41-18-8-6-16-39(41)49(40-17-7-9-19-42(40)50)37-27-26-35-30-34(24-25-36(35)31-37)33-14-4-3-5-15-33/h3-4,6-14,16-23,26-30,36,46H,5,15,24-25,31-32H2,1-2H3. The molecule has 1 nitrogen and oxygen atoms in total. The molecule has 56 heavy (non-hydrogen) atoms. The van der Waals surface area contributed by atoms with Gasteiger partial charge in [-0.15, -0.1) is 0 Å². The second kappa shape index (κ2) is 12.0. The summed E-state index contributed by atoms with van der Waals surface area (Å²) in [6.07, 6.45) is 26.0. The van der Waals surface area contributed by atoms with E-state index in [0.29, 0.717) is 5.92 Å². The molecule has 5 aliphatic carbocycles. The Hall–Kier alpha value is -5.92. The molecular weight excluding hydrogens is 677 g/mol. The highest BCUT2D eigenvalue weighted by molar-refractivity contribution is 6.22. The lowest BCUT2D eigenvalue weighted by atomic mass is 9.73. The van der Waals surface area contributed by atoms with Gasteiger partial charge >= 0.3 is 0 Å². The number of allylic oxidation sites excluding steroid dienone is 14. The Morgan fingerprint density at radius 1 is 0.571 bits per heavy atom. The molecule has 0 radical (unpaired) electrons. The summed E-state index contributed by atoms with van der Waals surface area (Å²) >= 11 is 0. The minimum Gasteiger partial charge on any atom is -0.456 e. The third-order valence-electron chi connectivity index (χ3n) is 14.1. The van der Waals surface area contributed by atoms with E-state index in [1.165, 1.54) is 112 Å². The molecule has 1 heteroatoms. The molecular formula is C55H44O. The Labute approximate surface area is 328 Å². The van der Waals surface area contributed by atoms with Gasteiger partial charge in [0.2, 0.25) is 0 Å². The number of furan rings is 1. The number of para-hydroxylation sites is 1. The van der Waals surface area contributed by atoms with E-state index in [2.05, 4.69) is 160 Å². The fourth-order valence-corrected chi connectivity index (χ4v) is 11.6. The molecule has 2 atom stereocenters. The Bertz CT molecular complexity index is 3050. The summed E-state index contributed by atoms with van der Waals surface area (Å²) in [5.41, 5.74) is 16.5. The van der Waals surface area contributed by atoms with Crippen molar-refractivity contribution in [1.29, 1.82) is 0 Å². The van der Waals surface area contributed by atoms with Gasteiger partial charge in [-0.25, -0.2) is 0 Å². The first kappa shape index (κ1) is 32.3. The van der Waals surface area contributed by atoms with E-state index in [9.17, 15) is 0 Å². The fraction of sp³-hybridized carbons (Fsp3) is 0.200. The summed E-state index contributed by atoms with van der Waals surface area (Å²) in [5.74, 6) is 0.841. The van der Waals surface area contributed by atoms with Crippen molar-refractivity contribution < 1.29 is 4.42 Å². The second-order valence-electron chi connectivity index (χ2n) is 17.3. The highest BCUT2D eigenvalue weighted by atomic mass is 16.3. The SMILES string of the molecule is CC1(C)C2=CC=C(c3c4ccccc4c(C4=CC=C5C=C(C6=CC=CCC6)CCC5C4)c4ccccc34)CC2c2c1c1oc3ccccc3c1c1ccccc21. The molecule has 270 valence electrons. The minimum atomic E-state index is -0.161. The zero-order chi connectivity index (χ0) is 37.1. The fourth-order valence-electron chi connectivity index (χ4n) is 11.6. The van der Waals surface area contributed by atoms with Gasteiger partial charge in [0.05, 0.1) is 0 Å². The molecule has 1 heterocycles. The lowest BCUT2D eigenvalue weighted by molar-refractivity contribution is 0.560. The number of hydrogen-bond donors (Lipinski definition) is 0. The third kappa shape index (κ3) is 4.55. The van der Waals surface area contributed by atoms with E-state index < -0.39 is 0 Å². The average molecular weight is 721 g/mol. The van der Waals surface area contributed by atoms with Gasteiger partial charge in [-0.3, -0.25) is 0 Å². The summed E-state index contributed by atoms with van der Waals surface area (Å²) in [7, 11) is 0. The highest BCUT2D eigenvalue weighted by Crippen LogP contribution is 2.60. The maximum atomic E-state index is 6.85. The van der Waals surface area contributed by atoms with Crippen LogP contribution >= 0.6 is 0 Å². The van der Waals surface area contributed by atoms with Crippen molar-refractivity contribution >= 4 is 65.4 Å². The average Bonchev–Trinajstić information content (AvgIpc) is 3.75. The predicted octanol–water partition coefficient (Wildman–Crippen LogP) is 15.2. The van der Waals surface area contributed by atoms with Gasteiger partial charge in [0.15, 0.2) is 0 Å². The molecule has 12 rings (SSSR count). The normalized spacial score (nSPS) is 21.3. The number of fused-ring (bicyclic) bond motifs is 13. The Morgan fingerprint density at radius 3 is 1.89 bits per heavy atom. The van der Waals surface area contributed by atoms with Crippen LogP contribution in [-0.4, -0.2) is 0 Å². The van der Waals surface area contributed by atoms with Crippen LogP contribution in [0.2, 0.25) is 0 Å². The van der Waals surface area contributed by atoms with Crippen LogP contribution in [0.3, 0.4) is 0 Å². The van der Waals surface area contributed by atoms with Crippen molar-refractivity contribution in [2.24, 2.45) is 5.92 Å². The topological polar surface area (TPSA) is 13.1 Å². The van der Waals surface area contributed by atoms with Gasteiger partial charge in [-0.1, -0.05) is 159 Å². The van der Waals surface area contributed by atoms with Gasteiger partial charge in [-0.2, -0.15) is 0 Å². The molecule has 0 aliphatic heterocycles. The van der Waals surface area contributed by atoms with Crippen LogP contribution < -0.4 is 0 Å². The van der Waals surface area contributed by atoms with Gasteiger partial charge in [-0.05, 0) is 127 Å². The first-order valence-corrected chi connectivity index (χ1v) is 20.7. The Morgan fingerprint density at radius 2 is 1.20 bits per heavy atom. The minimum absolute atomic E-state index is 0.161. The molecule has 0 saturated heterocycles. The van der Waals surface area contributed by atoms with Crippen LogP contribution in [0.25, 0.3) is 65.4 Å². The molecule has 1 aromatic heterocycles. The maximum absolute atomic E-state index is 6.85. The van der Waals surface area contributed by atoms with Crippen LogP contribution in [0, 0.1) is 5.92 Å². The molecule has 5 aliphatic rings. The van der Waals surface area contributed by atoms with Gasteiger partial charge in [0.1, 0.15) is 11.2 Å². The summed E-state index contributed by atoms with van der Waals surface area (Å²) < 4.78 is 6.85. The molecule has 0 N–H and O–H groups in total. The van der Waals surface area contributed by atoms with Crippen LogP contribution in [0.1, 0.15) is 80.5 Å². The summed E-state index contributed by atoms with van der Waals surface area (Å²) in [5, 5.41) is 10.6. The van der Waals surface area contributed by atoms with Crippen LogP contribution in [0.15, 0.2) is 172 Å². The van der Waals surface area contributed by atoms with Crippen LogP contribution in [0.5, 0.6) is 0 Å². The summed E-state index contributed by atoms with van der Waals surface area (Å²) in [4.78, 5) is 0. The zero-order valence-corrected chi connectivity index (χ0v) is 32.2. The molecule has 7 aromatic rings. The molecule has 0 saturated carbocycles. The van der Waals surface area contributed by atoms with Crippen molar-refractivity contribution in [1.82, 2.24) is 0 Å². The quantitative estimate of drug-likeness (QED) is 0.166. The molecule has 6 aromatic carbocycles. The lowest BCUT2D eigenvalue weighted by Gasteiger charge is -2.31. The van der Waals surface area contributed by atoms with E-state index in [0.717, 1.165) is 30.4 Å². The largest absolute Gasteiger partial charge is 0.456 e. The van der Waals surface area contributed by atoms with Crippen molar-refractivity contribution in [3.63, 3.8) is 0 Å². The summed E-state index contributed by atoms with van der Waals surface area (Å²) in [6, 6.07) is 36.1. The maximum Gasteiger partial charge on any atom is 0.140 e. The van der Waals surface area contributed by atoms with Crippen molar-refractivity contribution in [3.8, 4) is 0 Å². The van der Waals surface area contributed by atoms with E-state index in [4.69, 9.17) is 4.42 Å². The van der Waals surface area contributed by atoms with Gasteiger partial charge < -0.3 is 4.42 Å². The molecule has 0 amide bonds. The van der Waals surface area contributed by atoms with E-state index in [-0.39, 0.29) is 11.3 Å². The lowest BCUT2D eigenvalue weighted by Crippen LogP contribution is -2.18. The first-order chi connectivity index (χ1) is 27.5. The highest BCUT2D eigenvalue weighted by Gasteiger charge is 2.46. The smallest absolute Gasteiger partial charge is 0.140 e. The second-order valence-corrected chi connectivity index (χ2v) is 17.3. The Kier molecular flexibility index (Phi) is 6.95. The van der Waals surface area contributed by atoms with Gasteiger partial charge in [0, 0.05) is 27.7 Å². The molecule has 0 spiro atoms. The Balaban J connectivity index is 1.02. The van der Waals surface area contributed by atoms with Crippen LogP contribution in [0.4, 0.5) is 0 Å². The van der Waals surface area contributed by atoms with E-state index in [1.807, 2.05) is 0 Å². The number of benzene rings is 6. The van der Waals surface area contributed by atoms with E-state index >= 15 is 0 Å². The first-order valence-electron chi connectivity index (χ1n) is 20.7. The van der Waals surface area contributed by atoms with Crippen molar-refractivity contribution in [2.75, 3.05) is 0 Å². The van der Waals surface area contributed by atoms with Crippen molar-refractivity contribution in [2.45, 2.75) is 63.7 Å². The summed E-state index contributed by atoms with van der Waals surface area (Å²) in [6.45, 7) is 4.84. The van der Waals surface area contributed by atoms with E-state index in [1.54, 1.807) is 5.57 Å². The molecule has 0 bridgehead atoms. The number of rotatable bonds is 3. The molecule has 0 fully saturated rings. The monoisotopic (exact) mass is 720 g/mol. The van der Waals surface area contributed by atoms with Gasteiger partial charge in [0.25, 0.3) is 0 Å².